The van der Waals surface area contributed by atoms with E-state index < -0.39 is 35.1 Å². The molecule has 164 valence electrons. The third kappa shape index (κ3) is 5.53. The Morgan fingerprint density at radius 2 is 1.40 bits per heavy atom. The highest BCUT2D eigenvalue weighted by Crippen LogP contribution is 2.38. The zero-order chi connectivity index (χ0) is 22.0. The molecule has 0 spiro atoms. The monoisotopic (exact) mass is 434 g/mol. The van der Waals surface area contributed by atoms with E-state index in [1.807, 2.05) is 30.3 Å². The third-order valence-corrected chi connectivity index (χ3v) is 5.34. The predicted octanol–water partition coefficient (Wildman–Crippen LogP) is 4.80. The van der Waals surface area contributed by atoms with E-state index in [9.17, 15) is 31.4 Å². The van der Waals surface area contributed by atoms with E-state index in [2.05, 4.69) is 0 Å². The smallest absolute Gasteiger partial charge is 0.382 e. The molecule has 1 aliphatic rings. The van der Waals surface area contributed by atoms with Crippen LogP contribution >= 0.6 is 0 Å². The lowest BCUT2D eigenvalue weighted by Crippen LogP contribution is -2.56. The Kier molecular flexibility index (Phi) is 6.45. The number of halogens is 6. The maximum Gasteiger partial charge on any atom is 0.416 e. The number of morpholine rings is 1. The summed E-state index contributed by atoms with van der Waals surface area (Å²) in [4.78, 5) is 0. The molecule has 0 saturated carbocycles. The van der Waals surface area contributed by atoms with Crippen LogP contribution in [0.2, 0.25) is 0 Å². The van der Waals surface area contributed by atoms with Crippen molar-refractivity contribution >= 4 is 0 Å². The maximum atomic E-state index is 13.2. The highest BCUT2D eigenvalue weighted by molar-refractivity contribution is 5.34. The number of nitrogens with zero attached hydrogens (tertiary/aromatic N) is 1. The second-order valence-electron chi connectivity index (χ2n) is 7.58. The summed E-state index contributed by atoms with van der Waals surface area (Å²) in [6.07, 6.45) is -11.4. The molecule has 0 radical (unpaired) electrons. The van der Waals surface area contributed by atoms with Crippen molar-refractivity contribution in [3.8, 4) is 0 Å². The molecule has 1 heterocycles. The highest BCUT2D eigenvalue weighted by Gasteiger charge is 2.39. The molecular formula is C21H22F6NO2+. The Hall–Kier alpha value is -2.10. The molecule has 2 aromatic rings. The Morgan fingerprint density at radius 3 is 1.90 bits per heavy atom. The minimum Gasteiger partial charge on any atom is -0.382 e. The number of quaternary nitrogens is 1. The van der Waals surface area contributed by atoms with Crippen molar-refractivity contribution in [2.45, 2.75) is 25.0 Å². The van der Waals surface area contributed by atoms with E-state index in [0.29, 0.717) is 49.5 Å². The summed E-state index contributed by atoms with van der Waals surface area (Å²) in [7, 11) is 0. The van der Waals surface area contributed by atoms with Crippen molar-refractivity contribution in [2.24, 2.45) is 0 Å². The fraction of sp³-hybridized carbons (Fsp3) is 0.429. The average molecular weight is 434 g/mol. The Labute approximate surface area is 170 Å². The molecule has 1 N–H and O–H groups in total. The molecule has 0 amide bonds. The maximum absolute atomic E-state index is 13.2. The second-order valence-corrected chi connectivity index (χ2v) is 7.58. The van der Waals surface area contributed by atoms with Crippen LogP contribution in [0.3, 0.4) is 0 Å². The summed E-state index contributed by atoms with van der Waals surface area (Å²) < 4.78 is 84.6. The number of benzene rings is 2. The zero-order valence-corrected chi connectivity index (χ0v) is 16.0. The number of ether oxygens (including phenoxy) is 1. The molecule has 30 heavy (non-hydrogen) atoms. The first-order valence-electron chi connectivity index (χ1n) is 9.43. The molecule has 0 aromatic heterocycles. The van der Waals surface area contributed by atoms with Crippen LogP contribution in [0.25, 0.3) is 0 Å². The predicted molar refractivity (Wildman–Crippen MR) is 97.2 cm³/mol. The normalized spacial score (nSPS) is 18.2. The van der Waals surface area contributed by atoms with Gasteiger partial charge in [-0.2, -0.15) is 26.3 Å². The van der Waals surface area contributed by atoms with Gasteiger partial charge in [0.05, 0.1) is 24.3 Å². The molecule has 3 rings (SSSR count). The van der Waals surface area contributed by atoms with Crippen LogP contribution in [0.15, 0.2) is 48.5 Å². The minimum atomic E-state index is -4.95. The molecule has 1 aliphatic heterocycles. The summed E-state index contributed by atoms with van der Waals surface area (Å²) in [5, 5.41) is 10.7. The van der Waals surface area contributed by atoms with Gasteiger partial charge in [-0.3, -0.25) is 0 Å². The van der Waals surface area contributed by atoms with Gasteiger partial charge in [0.25, 0.3) is 0 Å². The quantitative estimate of drug-likeness (QED) is 0.541. The fourth-order valence-corrected chi connectivity index (χ4v) is 3.75. The molecule has 0 aliphatic carbocycles. The number of alkyl halides is 6. The molecule has 1 atom stereocenters. The number of aliphatic hydroxyl groups is 1. The van der Waals surface area contributed by atoms with Crippen molar-refractivity contribution in [2.75, 3.05) is 32.8 Å². The van der Waals surface area contributed by atoms with Gasteiger partial charge in [-0.1, -0.05) is 30.3 Å². The van der Waals surface area contributed by atoms with Crippen molar-refractivity contribution in [3.05, 3.63) is 70.8 Å². The average Bonchev–Trinajstić information content (AvgIpc) is 2.67. The lowest BCUT2D eigenvalue weighted by Gasteiger charge is -2.42. The van der Waals surface area contributed by atoms with Crippen LogP contribution < -0.4 is 0 Å². The van der Waals surface area contributed by atoms with Crippen LogP contribution in [0, 0.1) is 0 Å². The first kappa shape index (κ1) is 22.6. The molecular weight excluding hydrogens is 412 g/mol. The van der Waals surface area contributed by atoms with Crippen molar-refractivity contribution in [3.63, 3.8) is 0 Å². The van der Waals surface area contributed by atoms with E-state index in [1.54, 1.807) is 0 Å². The Bertz CT molecular complexity index is 813. The summed E-state index contributed by atoms with van der Waals surface area (Å²) in [5.41, 5.74) is -2.29. The van der Waals surface area contributed by atoms with Gasteiger partial charge in [0, 0.05) is 5.56 Å². The first-order chi connectivity index (χ1) is 14.0. The summed E-state index contributed by atoms with van der Waals surface area (Å²) in [5.74, 6) is 0. The summed E-state index contributed by atoms with van der Waals surface area (Å²) in [6, 6.07) is 10.6. The van der Waals surface area contributed by atoms with E-state index in [4.69, 9.17) is 4.74 Å². The van der Waals surface area contributed by atoms with E-state index >= 15 is 0 Å². The van der Waals surface area contributed by atoms with Crippen LogP contribution in [-0.2, 0) is 23.6 Å². The van der Waals surface area contributed by atoms with Crippen LogP contribution in [0.5, 0.6) is 0 Å². The minimum absolute atomic E-state index is 0.0170. The number of rotatable bonds is 5. The van der Waals surface area contributed by atoms with Crippen LogP contribution in [0.1, 0.15) is 28.4 Å². The fourth-order valence-electron chi connectivity index (χ4n) is 3.75. The second kappa shape index (κ2) is 8.56. The van der Waals surface area contributed by atoms with E-state index in [-0.39, 0.29) is 12.6 Å². The van der Waals surface area contributed by atoms with Crippen LogP contribution in [0.4, 0.5) is 26.3 Å². The van der Waals surface area contributed by atoms with Gasteiger partial charge < -0.3 is 14.3 Å². The van der Waals surface area contributed by atoms with Gasteiger partial charge in [-0.05, 0) is 23.8 Å². The topological polar surface area (TPSA) is 29.5 Å². The molecule has 1 saturated heterocycles. The molecule has 1 fully saturated rings. The largest absolute Gasteiger partial charge is 0.416 e. The van der Waals surface area contributed by atoms with Gasteiger partial charge in [-0.15, -0.1) is 0 Å². The zero-order valence-electron chi connectivity index (χ0n) is 16.0. The SMILES string of the molecule is OC(C[N+]1(Cc2ccccc2)CCOCC1)c1cc(C(F)(F)F)cc(C(F)(F)F)c1. The molecule has 3 nitrogen and oxygen atoms in total. The number of hydrogen-bond donors (Lipinski definition) is 1. The number of aliphatic hydroxyl groups excluding tert-OH is 1. The summed E-state index contributed by atoms with van der Waals surface area (Å²) >= 11 is 0. The lowest BCUT2D eigenvalue weighted by atomic mass is 9.99. The van der Waals surface area contributed by atoms with Gasteiger partial charge in [0.15, 0.2) is 0 Å². The molecule has 9 heteroatoms. The van der Waals surface area contributed by atoms with Crippen molar-refractivity contribution in [1.82, 2.24) is 0 Å². The number of hydrogen-bond acceptors (Lipinski definition) is 2. The van der Waals surface area contributed by atoms with Crippen LogP contribution in [-0.4, -0.2) is 42.4 Å². The Balaban J connectivity index is 1.92. The van der Waals surface area contributed by atoms with E-state index in [0.717, 1.165) is 5.56 Å². The van der Waals surface area contributed by atoms with E-state index in [1.165, 1.54) is 0 Å². The van der Waals surface area contributed by atoms with Crippen molar-refractivity contribution < 1.29 is 40.7 Å². The molecule has 0 bridgehead atoms. The van der Waals surface area contributed by atoms with Gasteiger partial charge in [-0.25, -0.2) is 0 Å². The first-order valence-corrected chi connectivity index (χ1v) is 9.43. The molecule has 1 unspecified atom stereocenters. The van der Waals surface area contributed by atoms with Gasteiger partial charge >= 0.3 is 12.4 Å². The van der Waals surface area contributed by atoms with Crippen molar-refractivity contribution in [1.29, 1.82) is 0 Å². The third-order valence-electron chi connectivity index (χ3n) is 5.34. The Morgan fingerprint density at radius 1 is 0.867 bits per heavy atom. The highest BCUT2D eigenvalue weighted by atomic mass is 19.4. The standard InChI is InChI=1S/C21H22F6NO2/c22-20(23,24)17-10-16(11-18(12-17)21(25,26)27)19(29)14-28(6-8-30-9-7-28)13-15-4-2-1-3-5-15/h1-5,10-12,19,29H,6-9,13-14H2/q+1. The molecule has 2 aromatic carbocycles. The van der Waals surface area contributed by atoms with Gasteiger partial charge in [0.2, 0.25) is 0 Å². The summed E-state index contributed by atoms with van der Waals surface area (Å²) in [6.45, 7) is 2.27. The van der Waals surface area contributed by atoms with Gasteiger partial charge in [0.1, 0.15) is 32.3 Å². The lowest BCUT2D eigenvalue weighted by molar-refractivity contribution is -0.950.